The number of nitrogens with one attached hydrogen (secondary N) is 2. The third-order valence-electron chi connectivity index (χ3n) is 3.74. The first kappa shape index (κ1) is 14.6. The van der Waals surface area contributed by atoms with Crippen LogP contribution in [0.4, 0.5) is 0 Å². The highest BCUT2D eigenvalue weighted by Crippen LogP contribution is 2.29. The third-order valence-corrected chi connectivity index (χ3v) is 3.95. The molecule has 0 spiro atoms. The fraction of sp³-hybridized carbons (Fsp3) is 0.267. The Kier molecular flexibility index (Phi) is 4.04. The van der Waals surface area contributed by atoms with E-state index in [1.54, 1.807) is 6.20 Å². The molecule has 1 fully saturated rings. The molecule has 4 nitrogen and oxygen atoms in total. The topological polar surface area (TPSA) is 49.9 Å². The second kappa shape index (κ2) is 5.81. The zero-order valence-electron chi connectivity index (χ0n) is 11.2. The zero-order chi connectivity index (χ0) is 13.5. The van der Waals surface area contributed by atoms with Crippen LogP contribution in [0.25, 0.3) is 21.9 Å². The number of nitrogens with zero attached hydrogens (tertiary/aromatic N) is 1. The van der Waals surface area contributed by atoms with Gasteiger partial charge in [-0.05, 0) is 23.8 Å². The molecule has 6 heteroatoms. The lowest BCUT2D eigenvalue weighted by Gasteiger charge is -2.24. The molecule has 21 heavy (non-hydrogen) atoms. The van der Waals surface area contributed by atoms with E-state index in [0.717, 1.165) is 41.6 Å². The summed E-state index contributed by atoms with van der Waals surface area (Å²) < 4.78 is 5.81. The maximum Gasteiger partial charge on any atom is 0.138 e. The van der Waals surface area contributed by atoms with Crippen LogP contribution in [-0.2, 0) is 4.74 Å². The van der Waals surface area contributed by atoms with E-state index in [1.807, 2.05) is 6.07 Å². The second-order valence-corrected chi connectivity index (χ2v) is 5.48. The molecule has 1 aliphatic rings. The summed E-state index contributed by atoms with van der Waals surface area (Å²) in [6.07, 6.45) is 1.78. The summed E-state index contributed by atoms with van der Waals surface area (Å²) in [5.74, 6) is 0. The standard InChI is InChI=1S/C15H14ClN3O.ClH/c16-10-6-12-11-5-9(14-8-17-3-4-20-14)1-2-13(11)19-15(12)18-7-10;/h1-2,5-7,14,17H,3-4,8H2,(H,18,19);1H. The zero-order valence-corrected chi connectivity index (χ0v) is 12.8. The lowest BCUT2D eigenvalue weighted by atomic mass is 10.0. The molecular formula is C15H15Cl2N3O. The van der Waals surface area contributed by atoms with E-state index in [9.17, 15) is 0 Å². The Bertz CT molecular complexity index is 781. The lowest BCUT2D eigenvalue weighted by molar-refractivity contribution is 0.0278. The molecule has 2 N–H and O–H groups in total. The molecule has 0 amide bonds. The Balaban J connectivity index is 0.00000132. The summed E-state index contributed by atoms with van der Waals surface area (Å²) in [7, 11) is 0. The summed E-state index contributed by atoms with van der Waals surface area (Å²) in [5, 5.41) is 6.20. The fourth-order valence-electron chi connectivity index (χ4n) is 2.75. The summed E-state index contributed by atoms with van der Waals surface area (Å²) in [5.41, 5.74) is 3.12. The molecule has 1 atom stereocenters. The first-order chi connectivity index (χ1) is 9.81. The monoisotopic (exact) mass is 323 g/mol. The van der Waals surface area contributed by atoms with Gasteiger partial charge >= 0.3 is 0 Å². The van der Waals surface area contributed by atoms with Crippen LogP contribution >= 0.6 is 24.0 Å². The number of benzene rings is 1. The van der Waals surface area contributed by atoms with Crippen molar-refractivity contribution in [3.8, 4) is 0 Å². The van der Waals surface area contributed by atoms with Gasteiger partial charge in [0.2, 0.25) is 0 Å². The quantitative estimate of drug-likeness (QED) is 0.721. The molecule has 0 aliphatic carbocycles. The van der Waals surface area contributed by atoms with Crippen molar-refractivity contribution >= 4 is 45.9 Å². The highest BCUT2D eigenvalue weighted by Gasteiger charge is 2.17. The van der Waals surface area contributed by atoms with Crippen LogP contribution < -0.4 is 5.32 Å². The average Bonchev–Trinajstić information content (AvgIpc) is 2.85. The number of H-pyrrole nitrogens is 1. The van der Waals surface area contributed by atoms with E-state index in [2.05, 4.69) is 33.5 Å². The molecule has 1 saturated heterocycles. The number of aromatic amines is 1. The van der Waals surface area contributed by atoms with Gasteiger partial charge in [-0.2, -0.15) is 0 Å². The van der Waals surface area contributed by atoms with Crippen molar-refractivity contribution in [2.24, 2.45) is 0 Å². The highest BCUT2D eigenvalue weighted by molar-refractivity contribution is 6.31. The second-order valence-electron chi connectivity index (χ2n) is 5.04. The van der Waals surface area contributed by atoms with Crippen LogP contribution in [0, 0.1) is 0 Å². The number of morpholine rings is 1. The van der Waals surface area contributed by atoms with Gasteiger partial charge in [-0.15, -0.1) is 12.4 Å². The first-order valence-corrected chi connectivity index (χ1v) is 7.08. The number of fused-ring (bicyclic) bond motifs is 3. The minimum atomic E-state index is 0. The molecule has 0 bridgehead atoms. The van der Waals surface area contributed by atoms with Crippen LogP contribution in [0.1, 0.15) is 11.7 Å². The van der Waals surface area contributed by atoms with Crippen molar-refractivity contribution < 1.29 is 4.74 Å². The van der Waals surface area contributed by atoms with E-state index < -0.39 is 0 Å². The summed E-state index contributed by atoms with van der Waals surface area (Å²) in [4.78, 5) is 7.64. The van der Waals surface area contributed by atoms with Crippen LogP contribution in [0.15, 0.2) is 30.5 Å². The lowest BCUT2D eigenvalue weighted by Crippen LogP contribution is -2.33. The van der Waals surface area contributed by atoms with Gasteiger partial charge in [-0.1, -0.05) is 17.7 Å². The van der Waals surface area contributed by atoms with Crippen LogP contribution in [0.2, 0.25) is 5.02 Å². The van der Waals surface area contributed by atoms with E-state index >= 15 is 0 Å². The Morgan fingerprint density at radius 1 is 1.24 bits per heavy atom. The number of ether oxygens (including phenoxy) is 1. The van der Waals surface area contributed by atoms with Crippen molar-refractivity contribution in [3.05, 3.63) is 41.0 Å². The molecule has 3 heterocycles. The molecule has 1 aliphatic heterocycles. The molecule has 2 aromatic heterocycles. The van der Waals surface area contributed by atoms with Crippen LogP contribution in [0.5, 0.6) is 0 Å². The minimum Gasteiger partial charge on any atom is -0.371 e. The van der Waals surface area contributed by atoms with Crippen molar-refractivity contribution in [2.45, 2.75) is 6.10 Å². The van der Waals surface area contributed by atoms with E-state index in [1.165, 1.54) is 5.56 Å². The normalized spacial score (nSPS) is 18.8. The molecule has 0 radical (unpaired) electrons. The maximum atomic E-state index is 6.05. The minimum absolute atomic E-state index is 0. The summed E-state index contributed by atoms with van der Waals surface area (Å²) in [6, 6.07) is 8.31. The Labute approximate surface area is 133 Å². The number of pyridine rings is 1. The third kappa shape index (κ3) is 2.60. The van der Waals surface area contributed by atoms with Gasteiger partial charge in [-0.25, -0.2) is 4.98 Å². The number of hydrogen-bond donors (Lipinski definition) is 2. The molecular weight excluding hydrogens is 309 g/mol. The molecule has 0 saturated carbocycles. The number of aromatic nitrogens is 2. The Morgan fingerprint density at radius 2 is 2.14 bits per heavy atom. The molecule has 1 unspecified atom stereocenters. The molecule has 110 valence electrons. The summed E-state index contributed by atoms with van der Waals surface area (Å²) in [6.45, 7) is 2.53. The average molecular weight is 324 g/mol. The summed E-state index contributed by atoms with van der Waals surface area (Å²) >= 11 is 6.05. The fourth-order valence-corrected chi connectivity index (χ4v) is 2.90. The van der Waals surface area contributed by atoms with Gasteiger partial charge in [0.1, 0.15) is 5.65 Å². The number of rotatable bonds is 1. The number of hydrogen-bond acceptors (Lipinski definition) is 3. The molecule has 1 aromatic carbocycles. The highest BCUT2D eigenvalue weighted by atomic mass is 35.5. The van der Waals surface area contributed by atoms with Gasteiger partial charge in [0.15, 0.2) is 0 Å². The van der Waals surface area contributed by atoms with Crippen LogP contribution in [-0.4, -0.2) is 29.7 Å². The van der Waals surface area contributed by atoms with E-state index in [4.69, 9.17) is 16.3 Å². The van der Waals surface area contributed by atoms with E-state index in [0.29, 0.717) is 5.02 Å². The van der Waals surface area contributed by atoms with Gasteiger partial charge in [0.05, 0.1) is 17.7 Å². The van der Waals surface area contributed by atoms with Gasteiger partial charge in [0, 0.05) is 35.6 Å². The van der Waals surface area contributed by atoms with Gasteiger partial charge in [0.25, 0.3) is 0 Å². The van der Waals surface area contributed by atoms with Crippen molar-refractivity contribution in [2.75, 3.05) is 19.7 Å². The largest absolute Gasteiger partial charge is 0.371 e. The molecule has 3 aromatic rings. The predicted molar refractivity (Wildman–Crippen MR) is 87.4 cm³/mol. The van der Waals surface area contributed by atoms with E-state index in [-0.39, 0.29) is 18.5 Å². The van der Waals surface area contributed by atoms with Crippen molar-refractivity contribution in [1.29, 1.82) is 0 Å². The van der Waals surface area contributed by atoms with Gasteiger partial charge < -0.3 is 15.0 Å². The maximum absolute atomic E-state index is 6.05. The number of halogens is 2. The Morgan fingerprint density at radius 3 is 2.95 bits per heavy atom. The van der Waals surface area contributed by atoms with Crippen LogP contribution in [0.3, 0.4) is 0 Å². The smallest absolute Gasteiger partial charge is 0.138 e. The van der Waals surface area contributed by atoms with Crippen molar-refractivity contribution in [1.82, 2.24) is 15.3 Å². The molecule has 4 rings (SSSR count). The SMILES string of the molecule is Cl.Clc1cnc2[nH]c3ccc(C4CNCCO4)cc3c2c1. The van der Waals surface area contributed by atoms with Gasteiger partial charge in [-0.3, -0.25) is 0 Å². The predicted octanol–water partition coefficient (Wildman–Crippen LogP) is 3.45. The van der Waals surface area contributed by atoms with Crippen molar-refractivity contribution in [3.63, 3.8) is 0 Å². The Hall–Kier alpha value is -1.33. The first-order valence-electron chi connectivity index (χ1n) is 6.70.